The molecule has 1 unspecified atom stereocenters. The number of aliphatic hydroxyl groups excluding tert-OH is 3. The Kier molecular flexibility index (Phi) is 10.7. The number of carbonyl (C=O) groups is 3. The molecule has 0 radical (unpaired) electrons. The molecule has 5 rings (SSSR count). The van der Waals surface area contributed by atoms with Crippen LogP contribution in [0, 0.1) is 0 Å². The maximum atomic E-state index is 12.5. The number of rotatable bonds is 14. The van der Waals surface area contributed by atoms with E-state index in [0.29, 0.717) is 29.9 Å². The van der Waals surface area contributed by atoms with Gasteiger partial charge in [0.25, 0.3) is 11.7 Å². The van der Waals surface area contributed by atoms with Gasteiger partial charge in [-0.2, -0.15) is 0 Å². The second-order valence-electron chi connectivity index (χ2n) is 11.7. The molecule has 0 bridgehead atoms. The molecule has 6 atom stereocenters. The first-order valence-corrected chi connectivity index (χ1v) is 15.4. The van der Waals surface area contributed by atoms with Crippen molar-refractivity contribution >= 4 is 34.4 Å². The van der Waals surface area contributed by atoms with E-state index in [1.807, 2.05) is 24.4 Å². The maximum Gasteiger partial charge on any atom is 0.364 e. The largest absolute Gasteiger partial charge is 0.477 e. The third-order valence-corrected chi connectivity index (χ3v) is 8.19. The van der Waals surface area contributed by atoms with Crippen LogP contribution in [-0.2, 0) is 38.4 Å². The molecule has 3 heterocycles. The lowest BCUT2D eigenvalue weighted by molar-refractivity contribution is -0.310. The average Bonchev–Trinajstić information content (AvgIpc) is 3.69. The Morgan fingerprint density at radius 3 is 2.69 bits per heavy atom. The second-order valence-corrected chi connectivity index (χ2v) is 11.7. The Bertz CT molecular complexity index is 1730. The van der Waals surface area contributed by atoms with Crippen molar-refractivity contribution in [2.45, 2.75) is 69.0 Å². The van der Waals surface area contributed by atoms with Crippen molar-refractivity contribution in [2.75, 3.05) is 18.9 Å². The number of ether oxygens (including phenoxy) is 2. The van der Waals surface area contributed by atoms with Crippen LogP contribution < -0.4 is 16.4 Å². The molecule has 4 aromatic rings. The summed E-state index contributed by atoms with van der Waals surface area (Å²) in [5.74, 6) is -5.14. The van der Waals surface area contributed by atoms with Crippen molar-refractivity contribution in [3.05, 3.63) is 77.7 Å². The lowest BCUT2D eigenvalue weighted by Gasteiger charge is -2.46. The number of fused-ring (bicyclic) bond motifs is 1. The van der Waals surface area contributed by atoms with E-state index in [9.17, 15) is 34.8 Å². The zero-order chi connectivity index (χ0) is 34.4. The first kappa shape index (κ1) is 34.5. The molecule has 0 spiro atoms. The van der Waals surface area contributed by atoms with Gasteiger partial charge >= 0.3 is 5.97 Å². The molecule has 1 fully saturated rings. The summed E-state index contributed by atoms with van der Waals surface area (Å²) in [6.07, 6.45) is -2.92. The average molecular weight is 666 g/mol. The van der Waals surface area contributed by atoms with E-state index in [4.69, 9.17) is 15.2 Å². The van der Waals surface area contributed by atoms with Gasteiger partial charge < -0.3 is 51.3 Å². The molecule has 0 aliphatic carbocycles. The monoisotopic (exact) mass is 665 g/mol. The van der Waals surface area contributed by atoms with Crippen LogP contribution in [0.5, 0.6) is 0 Å². The number of nitrogens with two attached hydrogens (primary N) is 1. The first-order valence-electron chi connectivity index (χ1n) is 15.4. The molecule has 9 N–H and O–H groups in total. The highest BCUT2D eigenvalue weighted by atomic mass is 16.7. The molecule has 16 nitrogen and oxygen atoms in total. The molecule has 1 saturated heterocycles. The highest BCUT2D eigenvalue weighted by molar-refractivity contribution is 5.94. The fourth-order valence-electron chi connectivity index (χ4n) is 5.70. The summed E-state index contributed by atoms with van der Waals surface area (Å²) in [6.45, 7) is 1.03. The number of hydrogen-bond acceptors (Lipinski definition) is 11. The summed E-state index contributed by atoms with van der Waals surface area (Å²) in [4.78, 5) is 40.1. The van der Waals surface area contributed by atoms with Crippen LogP contribution in [0.25, 0.3) is 10.9 Å². The van der Waals surface area contributed by atoms with Crippen molar-refractivity contribution < 1.29 is 44.3 Å². The van der Waals surface area contributed by atoms with Crippen LogP contribution in [-0.4, -0.2) is 108 Å². The number of benzene rings is 2. The number of aromatic amines is 1. The first-order chi connectivity index (χ1) is 23.0. The lowest BCUT2D eigenvalue weighted by Crippen LogP contribution is -2.68. The number of amides is 2. The van der Waals surface area contributed by atoms with Gasteiger partial charge in [0.05, 0.1) is 30.6 Å². The van der Waals surface area contributed by atoms with Gasteiger partial charge in [0.2, 0.25) is 5.91 Å². The lowest BCUT2D eigenvalue weighted by atomic mass is 9.88. The summed E-state index contributed by atoms with van der Waals surface area (Å²) in [7, 11) is 0. The summed E-state index contributed by atoms with van der Waals surface area (Å²) >= 11 is 0. The fourth-order valence-corrected chi connectivity index (χ4v) is 5.70. The zero-order valence-corrected chi connectivity index (χ0v) is 26.2. The smallest absolute Gasteiger partial charge is 0.364 e. The number of hydrogen-bond donors (Lipinski definition) is 8. The number of aliphatic hydroxyl groups is 3. The predicted molar refractivity (Wildman–Crippen MR) is 170 cm³/mol. The van der Waals surface area contributed by atoms with Gasteiger partial charge in [-0.25, -0.2) is 4.79 Å². The highest BCUT2D eigenvalue weighted by Gasteiger charge is 2.55. The highest BCUT2D eigenvalue weighted by Crippen LogP contribution is 2.34. The quantitative estimate of drug-likeness (QED) is 0.0811. The Hall–Kier alpha value is -4.87. The van der Waals surface area contributed by atoms with Crippen molar-refractivity contribution in [1.29, 1.82) is 0 Å². The van der Waals surface area contributed by atoms with Crippen LogP contribution in [0.15, 0.2) is 60.9 Å². The van der Waals surface area contributed by atoms with E-state index in [1.54, 1.807) is 41.2 Å². The van der Waals surface area contributed by atoms with Gasteiger partial charge in [0, 0.05) is 67.4 Å². The van der Waals surface area contributed by atoms with Gasteiger partial charge in [-0.3, -0.25) is 14.3 Å². The van der Waals surface area contributed by atoms with E-state index < -0.39 is 67.0 Å². The number of carboxylic acid groups (broad SMARTS) is 1. The Morgan fingerprint density at radius 1 is 1.19 bits per heavy atom. The molecule has 2 aromatic heterocycles. The second kappa shape index (κ2) is 14.9. The SMILES string of the molecule is CC(=O)N[C@H]1C([C@H](O)[C@H](O)CNC(=O)c2ccccc2)O[C@@](OCCc2cn(CCc3c[nH]c4ccc(N)cc34)nn2)(C(=O)O)C[C@@H]1O. The van der Waals surface area contributed by atoms with Crippen molar-refractivity contribution in [3.63, 3.8) is 0 Å². The molecule has 1 aliphatic heterocycles. The summed E-state index contributed by atoms with van der Waals surface area (Å²) < 4.78 is 13.2. The van der Waals surface area contributed by atoms with E-state index >= 15 is 0 Å². The molecule has 48 heavy (non-hydrogen) atoms. The van der Waals surface area contributed by atoms with Crippen LogP contribution in [0.1, 0.15) is 35.0 Å². The number of aryl methyl sites for hydroxylation is 2. The Labute approximate surface area is 274 Å². The minimum absolute atomic E-state index is 0.134. The molecular weight excluding hydrogens is 626 g/mol. The standard InChI is InChI=1S/C32H39N7O9/c1-18(40)36-27-25(41)14-32(31(45)46,48-29(27)28(43)26(42)16-35-30(44)19-5-3-2-4-6-19)47-12-10-22-17-39(38-37-22)11-9-20-15-34-24-8-7-21(33)13-23(20)24/h2-8,13,15,17,25-29,34,41-43H,9-12,14,16,33H2,1H3,(H,35,44)(H,36,40)(H,45,46)/t25-,26+,27+,28+,29?,32+/m0/s1. The summed E-state index contributed by atoms with van der Waals surface area (Å²) in [6, 6.07) is 12.5. The van der Waals surface area contributed by atoms with Crippen LogP contribution in [0.4, 0.5) is 5.69 Å². The Balaban J connectivity index is 1.21. The number of nitrogens with zero attached hydrogens (tertiary/aromatic N) is 3. The minimum Gasteiger partial charge on any atom is -0.477 e. The van der Waals surface area contributed by atoms with E-state index in [2.05, 4.69) is 25.9 Å². The van der Waals surface area contributed by atoms with Gasteiger partial charge in [-0.15, -0.1) is 5.10 Å². The third kappa shape index (κ3) is 7.98. The summed E-state index contributed by atoms with van der Waals surface area (Å²) in [5, 5.41) is 57.2. The Morgan fingerprint density at radius 2 is 1.96 bits per heavy atom. The maximum absolute atomic E-state index is 12.5. The molecule has 1 aliphatic rings. The number of aliphatic carboxylic acids is 1. The summed E-state index contributed by atoms with van der Waals surface area (Å²) in [5.41, 5.74) is 9.45. The van der Waals surface area contributed by atoms with Crippen molar-refractivity contribution in [3.8, 4) is 0 Å². The third-order valence-electron chi connectivity index (χ3n) is 8.19. The van der Waals surface area contributed by atoms with E-state index in [-0.39, 0.29) is 13.0 Å². The number of aromatic nitrogens is 4. The molecule has 256 valence electrons. The van der Waals surface area contributed by atoms with Crippen LogP contribution in [0.3, 0.4) is 0 Å². The number of nitrogens with one attached hydrogen (secondary N) is 3. The van der Waals surface area contributed by atoms with Crippen LogP contribution >= 0.6 is 0 Å². The van der Waals surface area contributed by atoms with Gasteiger partial charge in [-0.05, 0) is 42.3 Å². The number of anilines is 1. The number of carbonyl (C=O) groups excluding carboxylic acids is 2. The molecule has 2 aromatic carbocycles. The van der Waals surface area contributed by atoms with Crippen LogP contribution in [0.2, 0.25) is 0 Å². The number of H-pyrrole nitrogens is 1. The topological polar surface area (TPSA) is 247 Å². The molecular formula is C32H39N7O9. The molecule has 2 amide bonds. The van der Waals surface area contributed by atoms with Gasteiger partial charge in [0.15, 0.2) is 0 Å². The van der Waals surface area contributed by atoms with Gasteiger partial charge in [0.1, 0.15) is 12.2 Å². The molecule has 16 heteroatoms. The van der Waals surface area contributed by atoms with E-state index in [1.165, 1.54) is 6.92 Å². The zero-order valence-electron chi connectivity index (χ0n) is 26.2. The predicted octanol–water partition coefficient (Wildman–Crippen LogP) is -0.269. The van der Waals surface area contributed by atoms with Crippen molar-refractivity contribution in [2.24, 2.45) is 0 Å². The molecule has 0 saturated carbocycles. The number of nitrogen functional groups attached to an aromatic ring is 1. The minimum atomic E-state index is -2.44. The fraction of sp³-hybridized carbons (Fsp3) is 0.406. The van der Waals surface area contributed by atoms with Gasteiger partial charge in [-0.1, -0.05) is 23.4 Å². The van der Waals surface area contributed by atoms with E-state index in [0.717, 1.165) is 16.5 Å². The normalized spacial score (nSPS) is 22.2. The van der Waals surface area contributed by atoms with Crippen molar-refractivity contribution in [1.82, 2.24) is 30.6 Å². The number of carboxylic acids is 1.